The monoisotopic (exact) mass is 316 g/mol. The lowest BCUT2D eigenvalue weighted by Crippen LogP contribution is -2.37. The predicted octanol–water partition coefficient (Wildman–Crippen LogP) is 2.17. The third kappa shape index (κ3) is 1.89. The number of benzene rings is 1. The van der Waals surface area contributed by atoms with Gasteiger partial charge >= 0.3 is 0 Å². The van der Waals surface area contributed by atoms with Gasteiger partial charge in [0.2, 0.25) is 5.91 Å². The van der Waals surface area contributed by atoms with Crippen LogP contribution in [-0.2, 0) is 23.8 Å². The van der Waals surface area contributed by atoms with Crippen LogP contribution in [0.1, 0.15) is 17.8 Å². The van der Waals surface area contributed by atoms with Crippen LogP contribution in [0.15, 0.2) is 30.5 Å². The fraction of sp³-hybridized carbons (Fsp3) is 0.375. The van der Waals surface area contributed by atoms with Crippen molar-refractivity contribution < 1.29 is 4.79 Å². The topological polar surface area (TPSA) is 50.2 Å². The van der Waals surface area contributed by atoms with Crippen LogP contribution in [0.5, 0.6) is 0 Å². The van der Waals surface area contributed by atoms with Crippen molar-refractivity contribution in [2.24, 2.45) is 7.05 Å². The fourth-order valence-electron chi connectivity index (χ4n) is 3.57. The Bertz CT molecular complexity index is 756. The summed E-state index contributed by atoms with van der Waals surface area (Å²) in [5, 5.41) is 3.65. The van der Waals surface area contributed by atoms with Crippen molar-refractivity contribution in [3.8, 4) is 0 Å². The van der Waals surface area contributed by atoms with Crippen LogP contribution in [0.3, 0.4) is 0 Å². The van der Waals surface area contributed by atoms with E-state index in [1.54, 1.807) is 6.20 Å². The molecule has 1 atom stereocenters. The molecule has 1 aromatic carbocycles. The number of hydrogen-bond acceptors (Lipinski definition) is 3. The minimum Gasteiger partial charge on any atom is -0.325 e. The number of nitrogens with one attached hydrogen (secondary N) is 1. The van der Waals surface area contributed by atoms with Gasteiger partial charge < -0.3 is 9.88 Å². The molecule has 114 valence electrons. The van der Waals surface area contributed by atoms with E-state index in [4.69, 9.17) is 11.6 Å². The highest BCUT2D eigenvalue weighted by Crippen LogP contribution is 2.44. The number of halogens is 1. The van der Waals surface area contributed by atoms with E-state index in [1.807, 2.05) is 29.8 Å². The molecule has 2 aliphatic heterocycles. The van der Waals surface area contributed by atoms with E-state index >= 15 is 0 Å². The van der Waals surface area contributed by atoms with Gasteiger partial charge in [0.1, 0.15) is 11.0 Å². The average Bonchev–Trinajstić information content (AvgIpc) is 3.15. The summed E-state index contributed by atoms with van der Waals surface area (Å²) >= 11 is 6.04. The highest BCUT2D eigenvalue weighted by molar-refractivity contribution is 6.29. The third-order valence-electron chi connectivity index (χ3n) is 4.87. The molecule has 1 spiro atoms. The summed E-state index contributed by atoms with van der Waals surface area (Å²) in [6, 6.07) is 8.00. The van der Waals surface area contributed by atoms with E-state index in [0.29, 0.717) is 11.7 Å². The van der Waals surface area contributed by atoms with Crippen LogP contribution in [0, 0.1) is 0 Å². The quantitative estimate of drug-likeness (QED) is 0.924. The summed E-state index contributed by atoms with van der Waals surface area (Å²) in [6.45, 7) is 2.31. The molecule has 6 heteroatoms. The number of hydrogen-bond donors (Lipinski definition) is 1. The highest BCUT2D eigenvalue weighted by Gasteiger charge is 2.50. The zero-order valence-electron chi connectivity index (χ0n) is 12.3. The summed E-state index contributed by atoms with van der Waals surface area (Å²) in [6.07, 6.45) is 2.51. The van der Waals surface area contributed by atoms with Crippen LogP contribution < -0.4 is 5.32 Å². The maximum absolute atomic E-state index is 12.5. The Kier molecular flexibility index (Phi) is 3.03. The molecule has 0 saturated carbocycles. The predicted molar refractivity (Wildman–Crippen MR) is 84.9 cm³/mol. The van der Waals surface area contributed by atoms with Crippen molar-refractivity contribution in [3.05, 3.63) is 47.0 Å². The summed E-state index contributed by atoms with van der Waals surface area (Å²) in [7, 11) is 1.91. The van der Waals surface area contributed by atoms with E-state index in [2.05, 4.69) is 21.3 Å². The Morgan fingerprint density at radius 2 is 2.23 bits per heavy atom. The Morgan fingerprint density at radius 1 is 1.41 bits per heavy atom. The Morgan fingerprint density at radius 3 is 3.00 bits per heavy atom. The molecule has 0 aliphatic carbocycles. The van der Waals surface area contributed by atoms with Gasteiger partial charge in [-0.15, -0.1) is 0 Å². The van der Waals surface area contributed by atoms with Gasteiger partial charge in [-0.1, -0.05) is 29.8 Å². The van der Waals surface area contributed by atoms with Gasteiger partial charge in [0.25, 0.3) is 0 Å². The third-order valence-corrected chi connectivity index (χ3v) is 5.22. The first kappa shape index (κ1) is 13.8. The molecule has 1 saturated heterocycles. The number of fused-ring (bicyclic) bond motifs is 2. The van der Waals surface area contributed by atoms with Gasteiger partial charge in [0, 0.05) is 25.8 Å². The summed E-state index contributed by atoms with van der Waals surface area (Å²) in [5.74, 6) is 1.04. The molecule has 1 N–H and O–H groups in total. The van der Waals surface area contributed by atoms with Crippen LogP contribution in [-0.4, -0.2) is 33.4 Å². The number of carbonyl (C=O) groups excluding carboxylic acids is 1. The second-order valence-electron chi connectivity index (χ2n) is 6.10. The molecule has 0 bridgehead atoms. The maximum atomic E-state index is 12.5. The second kappa shape index (κ2) is 4.83. The number of para-hydroxylation sites is 1. The smallest absolute Gasteiger partial charge is 0.236 e. The molecule has 0 radical (unpaired) electrons. The zero-order chi connectivity index (χ0) is 15.3. The van der Waals surface area contributed by atoms with Crippen LogP contribution in [0.25, 0.3) is 0 Å². The largest absolute Gasteiger partial charge is 0.325 e. The number of nitrogens with zero attached hydrogens (tertiary/aromatic N) is 3. The molecule has 2 aliphatic rings. The van der Waals surface area contributed by atoms with Gasteiger partial charge in [0.05, 0.1) is 18.2 Å². The van der Waals surface area contributed by atoms with E-state index in [0.717, 1.165) is 36.6 Å². The molecular weight excluding hydrogens is 300 g/mol. The van der Waals surface area contributed by atoms with E-state index in [1.165, 1.54) is 0 Å². The van der Waals surface area contributed by atoms with Gasteiger partial charge in [-0.05, 0) is 18.1 Å². The number of amides is 1. The van der Waals surface area contributed by atoms with Gasteiger partial charge in [-0.25, -0.2) is 4.98 Å². The molecule has 22 heavy (non-hydrogen) atoms. The number of rotatable bonds is 2. The van der Waals surface area contributed by atoms with E-state index in [9.17, 15) is 4.79 Å². The number of imidazole rings is 1. The maximum Gasteiger partial charge on any atom is 0.236 e. The lowest BCUT2D eigenvalue weighted by atomic mass is 9.81. The highest BCUT2D eigenvalue weighted by atomic mass is 35.5. The summed E-state index contributed by atoms with van der Waals surface area (Å²) in [4.78, 5) is 19.2. The molecule has 2 aromatic rings. The van der Waals surface area contributed by atoms with E-state index in [-0.39, 0.29) is 5.91 Å². The van der Waals surface area contributed by atoms with Crippen LogP contribution >= 0.6 is 11.6 Å². The average molecular weight is 317 g/mol. The number of likely N-dealkylation sites (tertiary alicyclic amines) is 1. The Hall–Kier alpha value is -1.85. The molecule has 4 rings (SSSR count). The van der Waals surface area contributed by atoms with Crippen LogP contribution in [0.2, 0.25) is 5.15 Å². The van der Waals surface area contributed by atoms with Gasteiger partial charge in [-0.2, -0.15) is 0 Å². The molecule has 1 unspecified atom stereocenters. The van der Waals surface area contributed by atoms with Crippen molar-refractivity contribution >= 4 is 23.2 Å². The van der Waals surface area contributed by atoms with Crippen molar-refractivity contribution in [2.45, 2.75) is 18.4 Å². The van der Waals surface area contributed by atoms with Gasteiger partial charge in [-0.3, -0.25) is 9.69 Å². The second-order valence-corrected chi connectivity index (χ2v) is 6.49. The molecule has 1 fully saturated rings. The Balaban J connectivity index is 1.60. The minimum atomic E-state index is -0.411. The van der Waals surface area contributed by atoms with Crippen molar-refractivity contribution in [1.29, 1.82) is 0 Å². The van der Waals surface area contributed by atoms with Gasteiger partial charge in [0.15, 0.2) is 0 Å². The SMILES string of the molecule is Cn1c(Cl)cnc1CN1CCC2(C1)C(=O)Nc1ccccc12. The normalized spacial score (nSPS) is 24.0. The molecule has 5 nitrogen and oxygen atoms in total. The van der Waals surface area contributed by atoms with Crippen molar-refractivity contribution in [2.75, 3.05) is 18.4 Å². The number of carbonyl (C=O) groups is 1. The summed E-state index contributed by atoms with van der Waals surface area (Å²) in [5.41, 5.74) is 1.67. The molecular formula is C16H17ClN4O. The van der Waals surface area contributed by atoms with Crippen molar-refractivity contribution in [3.63, 3.8) is 0 Å². The minimum absolute atomic E-state index is 0.120. The lowest BCUT2D eigenvalue weighted by Gasteiger charge is -2.22. The standard InChI is InChI=1S/C16H17ClN4O/c1-20-13(17)8-18-14(20)9-21-7-6-16(10-21)11-4-2-3-5-12(11)19-15(16)22/h2-5,8H,6-7,9-10H2,1H3,(H,19,22). The first-order chi connectivity index (χ1) is 10.6. The van der Waals surface area contributed by atoms with Crippen LogP contribution in [0.4, 0.5) is 5.69 Å². The number of aromatic nitrogens is 2. The summed E-state index contributed by atoms with van der Waals surface area (Å²) < 4.78 is 1.88. The van der Waals surface area contributed by atoms with E-state index < -0.39 is 5.41 Å². The number of anilines is 1. The lowest BCUT2D eigenvalue weighted by molar-refractivity contribution is -0.120. The first-order valence-corrected chi connectivity index (χ1v) is 7.77. The molecule has 1 amide bonds. The zero-order valence-corrected chi connectivity index (χ0v) is 13.1. The van der Waals surface area contributed by atoms with Crippen molar-refractivity contribution in [1.82, 2.24) is 14.5 Å². The first-order valence-electron chi connectivity index (χ1n) is 7.39. The fourth-order valence-corrected chi connectivity index (χ4v) is 3.72. The molecule has 1 aromatic heterocycles. The Labute approximate surface area is 133 Å². The molecule has 3 heterocycles.